The topological polar surface area (TPSA) is 97.1 Å². The fourth-order valence-corrected chi connectivity index (χ4v) is 3.74. The van der Waals surface area contributed by atoms with Gasteiger partial charge in [-0.1, -0.05) is 13.3 Å². The number of anilines is 1. The molecule has 0 bridgehead atoms. The van der Waals surface area contributed by atoms with Gasteiger partial charge in [0, 0.05) is 42.0 Å². The van der Waals surface area contributed by atoms with Gasteiger partial charge in [0.15, 0.2) is 0 Å². The maximum absolute atomic E-state index is 13.1. The summed E-state index contributed by atoms with van der Waals surface area (Å²) in [4.78, 5) is 33.7. The van der Waals surface area contributed by atoms with Crippen molar-refractivity contribution in [3.05, 3.63) is 52.2 Å². The second-order valence-electron chi connectivity index (χ2n) is 8.13. The van der Waals surface area contributed by atoms with E-state index in [1.165, 1.54) is 4.57 Å². The second kappa shape index (κ2) is 8.19. The average Bonchev–Trinajstić information content (AvgIpc) is 3.48. The predicted octanol–water partition coefficient (Wildman–Crippen LogP) is 3.43. The van der Waals surface area contributed by atoms with E-state index in [1.807, 2.05) is 19.9 Å². The number of aromatic nitrogens is 3. The molecule has 3 aromatic rings. The number of nitrogens with one attached hydrogen (secondary N) is 1. The maximum Gasteiger partial charge on any atom is 0.258 e. The van der Waals surface area contributed by atoms with Gasteiger partial charge in [-0.15, -0.1) is 0 Å². The number of nitrogens with zero attached hydrogens (tertiary/aromatic N) is 3. The quantitative estimate of drug-likeness (QED) is 0.632. The van der Waals surface area contributed by atoms with Crippen LogP contribution >= 0.6 is 0 Å². The summed E-state index contributed by atoms with van der Waals surface area (Å²) in [6.45, 7) is 3.88. The van der Waals surface area contributed by atoms with Crippen LogP contribution in [0.3, 0.4) is 0 Å². The zero-order valence-corrected chi connectivity index (χ0v) is 17.7. The number of aryl methyl sites for hydroxylation is 2. The number of alkyl halides is 1. The number of fused-ring (bicyclic) bond motifs is 1. The molecule has 1 aliphatic rings. The van der Waals surface area contributed by atoms with Crippen LogP contribution < -0.4 is 10.9 Å². The van der Waals surface area contributed by atoms with Crippen molar-refractivity contribution < 1.29 is 14.3 Å². The first-order valence-electron chi connectivity index (χ1n) is 10.4. The molecule has 3 atom stereocenters. The van der Waals surface area contributed by atoms with Crippen molar-refractivity contribution in [3.8, 4) is 11.1 Å². The fraction of sp³-hybridized carbons (Fsp3) is 0.391. The Morgan fingerprint density at radius 3 is 2.68 bits per heavy atom. The van der Waals surface area contributed by atoms with Gasteiger partial charge in [-0.05, 0) is 37.5 Å². The number of carbonyl (C=O) groups excluding carboxylic acids is 1. The molecular weight excluding hydrogens is 399 g/mol. The zero-order valence-electron chi connectivity index (χ0n) is 17.7. The number of carbonyl (C=O) groups is 1. The highest BCUT2D eigenvalue weighted by Gasteiger charge is 2.43. The van der Waals surface area contributed by atoms with E-state index < -0.39 is 24.1 Å². The largest absolute Gasteiger partial charge is 0.387 e. The molecule has 8 heteroatoms. The van der Waals surface area contributed by atoms with E-state index in [0.29, 0.717) is 28.8 Å². The molecule has 0 saturated heterocycles. The number of rotatable bonds is 6. The van der Waals surface area contributed by atoms with Gasteiger partial charge in [-0.3, -0.25) is 14.6 Å². The molecule has 162 valence electrons. The van der Waals surface area contributed by atoms with Gasteiger partial charge in [0.2, 0.25) is 5.91 Å². The van der Waals surface area contributed by atoms with Crippen LogP contribution in [0.25, 0.3) is 22.0 Å². The fourth-order valence-electron chi connectivity index (χ4n) is 3.74. The Morgan fingerprint density at radius 2 is 2.03 bits per heavy atom. The number of hydrogen-bond acceptors (Lipinski definition) is 5. The van der Waals surface area contributed by atoms with Crippen LogP contribution in [-0.4, -0.2) is 31.7 Å². The molecule has 0 spiro atoms. The lowest BCUT2D eigenvalue weighted by molar-refractivity contribution is -0.117. The minimum atomic E-state index is -1.08. The minimum Gasteiger partial charge on any atom is -0.387 e. The van der Waals surface area contributed by atoms with E-state index in [9.17, 15) is 19.1 Å². The summed E-state index contributed by atoms with van der Waals surface area (Å²) in [6, 6.07) is 5.18. The Bertz CT molecular complexity index is 1220. The lowest BCUT2D eigenvalue weighted by atomic mass is 10.0. The number of hydrogen-bond donors (Lipinski definition) is 2. The number of aliphatic hydroxyl groups is 1. The molecule has 7 nitrogen and oxygen atoms in total. The molecule has 0 radical (unpaired) electrons. The van der Waals surface area contributed by atoms with Crippen LogP contribution in [0.1, 0.15) is 43.5 Å². The summed E-state index contributed by atoms with van der Waals surface area (Å²) in [5.41, 5.74) is 3.00. The number of aliphatic hydroxyl groups excluding tert-OH is 1. The third-order valence-corrected chi connectivity index (χ3v) is 5.73. The van der Waals surface area contributed by atoms with Crippen molar-refractivity contribution in [1.29, 1.82) is 0 Å². The molecule has 2 N–H and O–H groups in total. The summed E-state index contributed by atoms with van der Waals surface area (Å²) < 4.78 is 14.6. The van der Waals surface area contributed by atoms with Gasteiger partial charge in [-0.2, -0.15) is 0 Å². The number of halogens is 1. The molecule has 1 aliphatic carbocycles. The van der Waals surface area contributed by atoms with E-state index in [1.54, 1.807) is 31.6 Å². The van der Waals surface area contributed by atoms with Crippen molar-refractivity contribution in [1.82, 2.24) is 14.5 Å². The normalized spacial score (nSPS) is 18.7. The third-order valence-electron chi connectivity index (χ3n) is 5.73. The van der Waals surface area contributed by atoms with Crippen LogP contribution in [0.4, 0.5) is 10.2 Å². The van der Waals surface area contributed by atoms with E-state index in [-0.39, 0.29) is 17.8 Å². The molecule has 1 fully saturated rings. The first kappa shape index (κ1) is 21.1. The van der Waals surface area contributed by atoms with Crippen molar-refractivity contribution >= 4 is 22.6 Å². The molecule has 3 heterocycles. The summed E-state index contributed by atoms with van der Waals surface area (Å²) in [6.07, 6.45) is 3.20. The van der Waals surface area contributed by atoms with Crippen LogP contribution in [-0.2, 0) is 11.8 Å². The standard InChI is InChI=1S/C23H25FN4O3/c1-4-5-20(29)18-6-12(2)16(11-25-18)14-7-13-10-26-21(9-19(13)28(3)23(14)31)27-22(30)15-8-17(15)24/h6-7,9-11,15,17,20,29H,4-5,8H2,1-3H3,(H,26,27,30). The van der Waals surface area contributed by atoms with Gasteiger partial charge in [-0.25, -0.2) is 9.37 Å². The Kier molecular flexibility index (Phi) is 5.58. The van der Waals surface area contributed by atoms with Crippen molar-refractivity contribution in [2.45, 2.75) is 45.4 Å². The van der Waals surface area contributed by atoms with Crippen LogP contribution in [0.15, 0.2) is 35.4 Å². The van der Waals surface area contributed by atoms with Gasteiger partial charge >= 0.3 is 0 Å². The maximum atomic E-state index is 13.1. The summed E-state index contributed by atoms with van der Waals surface area (Å²) >= 11 is 0. The summed E-state index contributed by atoms with van der Waals surface area (Å²) in [7, 11) is 1.65. The first-order chi connectivity index (χ1) is 14.8. The number of amides is 1. The van der Waals surface area contributed by atoms with Gasteiger partial charge in [0.25, 0.3) is 5.56 Å². The Morgan fingerprint density at radius 1 is 1.29 bits per heavy atom. The van der Waals surface area contributed by atoms with E-state index in [2.05, 4.69) is 15.3 Å². The van der Waals surface area contributed by atoms with Crippen LogP contribution in [0, 0.1) is 12.8 Å². The Hall–Kier alpha value is -3.13. The molecule has 0 aliphatic heterocycles. The minimum absolute atomic E-state index is 0.214. The van der Waals surface area contributed by atoms with Gasteiger partial charge in [0.1, 0.15) is 12.0 Å². The Balaban J connectivity index is 1.70. The molecule has 31 heavy (non-hydrogen) atoms. The highest BCUT2D eigenvalue weighted by molar-refractivity contribution is 5.95. The molecule has 1 saturated carbocycles. The van der Waals surface area contributed by atoms with Gasteiger partial charge in [0.05, 0.1) is 23.2 Å². The van der Waals surface area contributed by atoms with Crippen molar-refractivity contribution in [2.75, 3.05) is 5.32 Å². The molecule has 0 aromatic carbocycles. The second-order valence-corrected chi connectivity index (χ2v) is 8.13. The number of pyridine rings is 3. The molecule has 4 rings (SSSR count). The van der Waals surface area contributed by atoms with Gasteiger partial charge < -0.3 is 15.0 Å². The SMILES string of the molecule is CCCC(O)c1cc(C)c(-c2cc3cnc(NC(=O)C4CC4F)cc3n(C)c2=O)cn1. The third kappa shape index (κ3) is 4.07. The van der Waals surface area contributed by atoms with E-state index in [0.717, 1.165) is 17.4 Å². The average molecular weight is 424 g/mol. The monoisotopic (exact) mass is 424 g/mol. The van der Waals surface area contributed by atoms with E-state index >= 15 is 0 Å². The van der Waals surface area contributed by atoms with Crippen molar-refractivity contribution in [2.24, 2.45) is 13.0 Å². The molecule has 3 unspecified atom stereocenters. The molecule has 1 amide bonds. The summed E-state index contributed by atoms with van der Waals surface area (Å²) in [5, 5.41) is 13.5. The predicted molar refractivity (Wildman–Crippen MR) is 116 cm³/mol. The first-order valence-corrected chi connectivity index (χ1v) is 10.4. The lowest BCUT2D eigenvalue weighted by Gasteiger charge is -2.14. The molecule has 3 aromatic heterocycles. The van der Waals surface area contributed by atoms with Crippen LogP contribution in [0.2, 0.25) is 0 Å². The van der Waals surface area contributed by atoms with Crippen LogP contribution in [0.5, 0.6) is 0 Å². The smallest absolute Gasteiger partial charge is 0.258 e. The van der Waals surface area contributed by atoms with E-state index in [4.69, 9.17) is 0 Å². The zero-order chi connectivity index (χ0) is 22.3. The highest BCUT2D eigenvalue weighted by Crippen LogP contribution is 2.34. The molecular formula is C23H25FN4O3. The van der Waals surface area contributed by atoms with Crippen molar-refractivity contribution in [3.63, 3.8) is 0 Å². The lowest BCUT2D eigenvalue weighted by Crippen LogP contribution is -2.20. The Labute approximate surface area is 179 Å². The summed E-state index contributed by atoms with van der Waals surface area (Å²) in [5.74, 6) is -0.725. The highest BCUT2D eigenvalue weighted by atomic mass is 19.1.